The van der Waals surface area contributed by atoms with Crippen molar-refractivity contribution in [3.8, 4) is 11.5 Å². The summed E-state index contributed by atoms with van der Waals surface area (Å²) in [5.74, 6) is 0.555. The summed E-state index contributed by atoms with van der Waals surface area (Å²) < 4.78 is 46.1. The highest BCUT2D eigenvalue weighted by molar-refractivity contribution is 14.0. The lowest BCUT2D eigenvalue weighted by molar-refractivity contribution is -0.274. The minimum Gasteiger partial charge on any atom is -0.492 e. The van der Waals surface area contributed by atoms with Crippen molar-refractivity contribution >= 4 is 35.6 Å². The average molecular weight is 524 g/mol. The summed E-state index contributed by atoms with van der Waals surface area (Å²) in [5, 5.41) is 2.82. The van der Waals surface area contributed by atoms with Crippen LogP contribution in [0.15, 0.2) is 53.5 Å². The van der Waals surface area contributed by atoms with Gasteiger partial charge in [-0.15, -0.1) is 37.1 Å². The third kappa shape index (κ3) is 9.70. The van der Waals surface area contributed by atoms with Crippen molar-refractivity contribution in [2.24, 2.45) is 10.7 Å². The van der Waals surface area contributed by atoms with E-state index in [0.717, 1.165) is 17.9 Å². The number of hydrogen-bond acceptors (Lipinski definition) is 4. The fourth-order valence-corrected chi connectivity index (χ4v) is 2.21. The summed E-state index contributed by atoms with van der Waals surface area (Å²) in [6.07, 6.45) is -4.72. The molecular weight excluding hydrogens is 500 g/mol. The first-order valence-electron chi connectivity index (χ1n) is 8.51. The Hall–Kier alpha value is -2.21. The fraction of sp³-hybridized carbons (Fsp3) is 0.316. The second-order valence-corrected chi connectivity index (χ2v) is 6.16. The minimum absolute atomic E-state index is 0. The van der Waals surface area contributed by atoms with Crippen LogP contribution in [0.4, 0.5) is 18.9 Å². The molecule has 0 heterocycles. The molecule has 0 aliphatic rings. The number of nitrogens with two attached hydrogens (primary N) is 1. The molecule has 160 valence electrons. The molecule has 0 unspecified atom stereocenters. The standard InChI is InChI=1S/C19H23F3N4O2.HI/c1-26(2)11-12-27-17-6-4-3-5-14(17)13-24-18(23)25-15-7-9-16(10-8-15)28-19(20,21)22;/h3-10H,11-13H2,1-2H3,(H3,23,24,25);1H. The van der Waals surface area contributed by atoms with Crippen molar-refractivity contribution in [2.45, 2.75) is 12.9 Å². The van der Waals surface area contributed by atoms with Gasteiger partial charge in [-0.05, 0) is 44.4 Å². The van der Waals surface area contributed by atoms with Gasteiger partial charge in [0.05, 0.1) is 6.54 Å². The van der Waals surface area contributed by atoms with Crippen LogP contribution in [0, 0.1) is 0 Å². The highest BCUT2D eigenvalue weighted by atomic mass is 127. The topological polar surface area (TPSA) is 72.1 Å². The van der Waals surface area contributed by atoms with E-state index < -0.39 is 6.36 Å². The molecule has 29 heavy (non-hydrogen) atoms. The molecule has 0 radical (unpaired) electrons. The summed E-state index contributed by atoms with van der Waals surface area (Å²) in [7, 11) is 3.93. The first-order valence-corrected chi connectivity index (χ1v) is 8.51. The van der Waals surface area contributed by atoms with Crippen LogP contribution in [0.2, 0.25) is 0 Å². The van der Waals surface area contributed by atoms with Crippen LogP contribution >= 0.6 is 24.0 Å². The van der Waals surface area contributed by atoms with E-state index in [0.29, 0.717) is 18.8 Å². The molecule has 2 aromatic carbocycles. The molecule has 2 rings (SSSR count). The first-order chi connectivity index (χ1) is 13.2. The van der Waals surface area contributed by atoms with Crippen LogP contribution in [0.25, 0.3) is 0 Å². The zero-order chi connectivity index (χ0) is 20.6. The van der Waals surface area contributed by atoms with E-state index in [1.807, 2.05) is 43.3 Å². The Kier molecular flexibility index (Phi) is 10.0. The predicted molar refractivity (Wildman–Crippen MR) is 118 cm³/mol. The number of aliphatic imine (C=N–C) groups is 1. The molecule has 0 aliphatic heterocycles. The van der Waals surface area contributed by atoms with E-state index in [4.69, 9.17) is 10.5 Å². The van der Waals surface area contributed by atoms with E-state index in [9.17, 15) is 13.2 Å². The molecular formula is C19H24F3IN4O2. The molecule has 0 saturated heterocycles. The number of alkyl halides is 3. The number of para-hydroxylation sites is 1. The number of likely N-dealkylation sites (N-methyl/N-ethyl adjacent to an activating group) is 1. The summed E-state index contributed by atoms with van der Waals surface area (Å²) in [4.78, 5) is 6.28. The van der Waals surface area contributed by atoms with Crippen molar-refractivity contribution in [3.63, 3.8) is 0 Å². The second-order valence-electron chi connectivity index (χ2n) is 6.16. The number of anilines is 1. The maximum absolute atomic E-state index is 12.2. The Labute approximate surface area is 184 Å². The van der Waals surface area contributed by atoms with E-state index in [-0.39, 0.29) is 35.7 Å². The van der Waals surface area contributed by atoms with Crippen LogP contribution in [0.5, 0.6) is 11.5 Å². The van der Waals surface area contributed by atoms with Gasteiger partial charge in [-0.3, -0.25) is 0 Å². The Morgan fingerprint density at radius 1 is 1.10 bits per heavy atom. The fourth-order valence-electron chi connectivity index (χ4n) is 2.21. The number of rotatable bonds is 8. The molecule has 0 aliphatic carbocycles. The maximum Gasteiger partial charge on any atom is 0.573 e. The number of nitrogens with zero attached hydrogens (tertiary/aromatic N) is 2. The zero-order valence-electron chi connectivity index (χ0n) is 16.1. The first kappa shape index (κ1) is 24.8. The number of ether oxygens (including phenoxy) is 2. The van der Waals surface area contributed by atoms with Crippen molar-refractivity contribution in [2.75, 3.05) is 32.6 Å². The molecule has 0 atom stereocenters. The van der Waals surface area contributed by atoms with Gasteiger partial charge < -0.3 is 25.4 Å². The normalized spacial score (nSPS) is 11.7. The summed E-state index contributed by atoms with van der Waals surface area (Å²) >= 11 is 0. The quantitative estimate of drug-likeness (QED) is 0.310. The number of hydrogen-bond donors (Lipinski definition) is 2. The van der Waals surface area contributed by atoms with Gasteiger partial charge in [-0.25, -0.2) is 4.99 Å². The lowest BCUT2D eigenvalue weighted by Gasteiger charge is -2.13. The Bertz CT molecular complexity index is 784. The SMILES string of the molecule is CN(C)CCOc1ccccc1CN=C(N)Nc1ccc(OC(F)(F)F)cc1.I. The average Bonchev–Trinajstić information content (AvgIpc) is 2.61. The predicted octanol–water partition coefficient (Wildman–Crippen LogP) is 4.07. The lowest BCUT2D eigenvalue weighted by Crippen LogP contribution is -2.23. The summed E-state index contributed by atoms with van der Waals surface area (Å²) in [6, 6.07) is 12.7. The van der Waals surface area contributed by atoms with Gasteiger partial charge in [0.15, 0.2) is 5.96 Å². The molecule has 6 nitrogen and oxygen atoms in total. The molecule has 0 spiro atoms. The van der Waals surface area contributed by atoms with Crippen LogP contribution < -0.4 is 20.5 Å². The largest absolute Gasteiger partial charge is 0.573 e. The van der Waals surface area contributed by atoms with Crippen LogP contribution in [0.3, 0.4) is 0 Å². The molecule has 2 aromatic rings. The van der Waals surface area contributed by atoms with Gasteiger partial charge >= 0.3 is 6.36 Å². The molecule has 0 bridgehead atoms. The maximum atomic E-state index is 12.2. The molecule has 0 saturated carbocycles. The van der Waals surface area contributed by atoms with E-state index >= 15 is 0 Å². The summed E-state index contributed by atoms with van der Waals surface area (Å²) in [5.41, 5.74) is 7.23. The third-order valence-corrected chi connectivity index (χ3v) is 3.55. The summed E-state index contributed by atoms with van der Waals surface area (Å²) in [6.45, 7) is 1.63. The van der Waals surface area contributed by atoms with E-state index in [1.165, 1.54) is 24.3 Å². The third-order valence-electron chi connectivity index (χ3n) is 3.55. The van der Waals surface area contributed by atoms with Gasteiger partial charge in [0.1, 0.15) is 18.1 Å². The zero-order valence-corrected chi connectivity index (χ0v) is 18.4. The minimum atomic E-state index is -4.72. The molecule has 0 amide bonds. The van der Waals surface area contributed by atoms with Gasteiger partial charge in [0.25, 0.3) is 0 Å². The van der Waals surface area contributed by atoms with Gasteiger partial charge in [-0.2, -0.15) is 0 Å². The number of benzene rings is 2. The number of guanidine groups is 1. The van der Waals surface area contributed by atoms with Crippen molar-refractivity contribution < 1.29 is 22.6 Å². The molecule has 0 fully saturated rings. The Morgan fingerprint density at radius 3 is 2.38 bits per heavy atom. The van der Waals surface area contributed by atoms with Crippen molar-refractivity contribution in [3.05, 3.63) is 54.1 Å². The van der Waals surface area contributed by atoms with Crippen molar-refractivity contribution in [1.29, 1.82) is 0 Å². The molecule has 3 N–H and O–H groups in total. The van der Waals surface area contributed by atoms with Crippen LogP contribution in [-0.2, 0) is 6.54 Å². The number of nitrogens with one attached hydrogen (secondary N) is 1. The van der Waals surface area contributed by atoms with Crippen LogP contribution in [0.1, 0.15) is 5.56 Å². The smallest absolute Gasteiger partial charge is 0.492 e. The van der Waals surface area contributed by atoms with Gasteiger partial charge in [-0.1, -0.05) is 18.2 Å². The lowest BCUT2D eigenvalue weighted by atomic mass is 10.2. The molecule has 0 aromatic heterocycles. The van der Waals surface area contributed by atoms with E-state index in [1.54, 1.807) is 0 Å². The highest BCUT2D eigenvalue weighted by Crippen LogP contribution is 2.24. The van der Waals surface area contributed by atoms with Crippen LogP contribution in [-0.4, -0.2) is 44.5 Å². The molecule has 10 heteroatoms. The number of halogens is 4. The second kappa shape index (κ2) is 11.7. The van der Waals surface area contributed by atoms with E-state index in [2.05, 4.69) is 15.0 Å². The monoisotopic (exact) mass is 524 g/mol. The Morgan fingerprint density at radius 2 is 1.76 bits per heavy atom. The van der Waals surface area contributed by atoms with Crippen molar-refractivity contribution in [1.82, 2.24) is 4.90 Å². The van der Waals surface area contributed by atoms with Gasteiger partial charge in [0.2, 0.25) is 0 Å². The highest BCUT2D eigenvalue weighted by Gasteiger charge is 2.30. The van der Waals surface area contributed by atoms with Gasteiger partial charge in [0, 0.05) is 17.8 Å². The Balaban J connectivity index is 0.00000420.